The highest BCUT2D eigenvalue weighted by molar-refractivity contribution is 7.89. The van der Waals surface area contributed by atoms with E-state index in [1.165, 1.54) is 23.5 Å². The molecule has 1 saturated heterocycles. The number of nitrogens with zero attached hydrogens (tertiary/aromatic N) is 1. The van der Waals surface area contributed by atoms with Crippen LogP contribution in [-0.2, 0) is 26.1 Å². The lowest BCUT2D eigenvalue weighted by Gasteiger charge is -2.31. The highest BCUT2D eigenvalue weighted by Gasteiger charge is 2.34. The standard InChI is InChI=1S/C22H24N2O7S/c1-29-22(26)17-4-2-3-5-20(17)32(27,28)24-10-8-16(9-11-24)21(25)23-13-15-6-7-18-19(12-15)31-14-30-18/h2-7,12,16H,8-11,13-14H2,1H3,(H,23,25). The lowest BCUT2D eigenvalue weighted by atomic mass is 9.97. The number of hydrogen-bond acceptors (Lipinski definition) is 7. The van der Waals surface area contributed by atoms with Crippen LogP contribution in [0.4, 0.5) is 0 Å². The molecule has 4 rings (SSSR count). The smallest absolute Gasteiger partial charge is 0.339 e. The largest absolute Gasteiger partial charge is 0.465 e. The number of amides is 1. The number of methoxy groups -OCH3 is 1. The van der Waals surface area contributed by atoms with Crippen LogP contribution in [0.1, 0.15) is 28.8 Å². The number of esters is 1. The Morgan fingerprint density at radius 2 is 1.81 bits per heavy atom. The van der Waals surface area contributed by atoms with Gasteiger partial charge in [-0.15, -0.1) is 0 Å². The molecular weight excluding hydrogens is 436 g/mol. The fraction of sp³-hybridized carbons (Fsp3) is 0.364. The van der Waals surface area contributed by atoms with E-state index in [1.807, 2.05) is 12.1 Å². The predicted molar refractivity (Wildman–Crippen MR) is 114 cm³/mol. The van der Waals surface area contributed by atoms with Crippen molar-refractivity contribution in [3.63, 3.8) is 0 Å². The summed E-state index contributed by atoms with van der Waals surface area (Å²) in [5.74, 6) is 0.230. The molecule has 0 saturated carbocycles. The van der Waals surface area contributed by atoms with Crippen LogP contribution in [0, 0.1) is 5.92 Å². The van der Waals surface area contributed by atoms with Gasteiger partial charge in [0.2, 0.25) is 22.7 Å². The van der Waals surface area contributed by atoms with Gasteiger partial charge in [-0.2, -0.15) is 4.31 Å². The van der Waals surface area contributed by atoms with Gasteiger partial charge in [0.1, 0.15) is 0 Å². The summed E-state index contributed by atoms with van der Waals surface area (Å²) in [6.07, 6.45) is 0.791. The highest BCUT2D eigenvalue weighted by atomic mass is 32.2. The lowest BCUT2D eigenvalue weighted by molar-refractivity contribution is -0.126. The number of rotatable bonds is 6. The third kappa shape index (κ3) is 4.42. The zero-order valence-electron chi connectivity index (χ0n) is 17.6. The van der Waals surface area contributed by atoms with Gasteiger partial charge in [-0.3, -0.25) is 4.79 Å². The van der Waals surface area contributed by atoms with E-state index in [1.54, 1.807) is 18.2 Å². The maximum Gasteiger partial charge on any atom is 0.339 e. The van der Waals surface area contributed by atoms with Crippen molar-refractivity contribution in [1.82, 2.24) is 9.62 Å². The Labute approximate surface area is 186 Å². The number of sulfonamides is 1. The topological polar surface area (TPSA) is 111 Å². The van der Waals surface area contributed by atoms with E-state index in [-0.39, 0.29) is 42.2 Å². The van der Waals surface area contributed by atoms with Crippen molar-refractivity contribution in [3.05, 3.63) is 53.6 Å². The molecule has 2 aromatic rings. The Bertz CT molecular complexity index is 1120. The van der Waals surface area contributed by atoms with Crippen molar-refractivity contribution in [2.24, 2.45) is 5.92 Å². The zero-order chi connectivity index (χ0) is 22.7. The Morgan fingerprint density at radius 3 is 2.56 bits per heavy atom. The molecule has 0 aromatic heterocycles. The lowest BCUT2D eigenvalue weighted by Crippen LogP contribution is -2.43. The van der Waals surface area contributed by atoms with E-state index in [0.717, 1.165) is 5.56 Å². The molecule has 2 aromatic carbocycles. The number of ether oxygens (including phenoxy) is 3. The molecule has 32 heavy (non-hydrogen) atoms. The van der Waals surface area contributed by atoms with E-state index >= 15 is 0 Å². The molecule has 0 unspecified atom stereocenters. The molecule has 2 aliphatic heterocycles. The molecule has 0 atom stereocenters. The number of carbonyl (C=O) groups is 2. The molecule has 9 nitrogen and oxygen atoms in total. The van der Waals surface area contributed by atoms with Crippen molar-refractivity contribution in [3.8, 4) is 11.5 Å². The monoisotopic (exact) mass is 460 g/mol. The van der Waals surface area contributed by atoms with Crippen molar-refractivity contribution in [2.45, 2.75) is 24.3 Å². The average molecular weight is 461 g/mol. The minimum atomic E-state index is -3.88. The second-order valence-electron chi connectivity index (χ2n) is 7.57. The van der Waals surface area contributed by atoms with Gasteiger partial charge in [-0.25, -0.2) is 13.2 Å². The van der Waals surface area contributed by atoms with Gasteiger partial charge in [0, 0.05) is 25.6 Å². The second kappa shape index (κ2) is 9.17. The van der Waals surface area contributed by atoms with Crippen LogP contribution >= 0.6 is 0 Å². The number of carbonyl (C=O) groups excluding carboxylic acids is 2. The van der Waals surface area contributed by atoms with Gasteiger partial charge in [-0.05, 0) is 42.7 Å². The van der Waals surface area contributed by atoms with E-state index in [2.05, 4.69) is 5.32 Å². The molecule has 0 radical (unpaired) electrons. The molecule has 1 amide bonds. The molecule has 0 bridgehead atoms. The van der Waals surface area contributed by atoms with Crippen molar-refractivity contribution in [2.75, 3.05) is 27.0 Å². The number of benzene rings is 2. The zero-order valence-corrected chi connectivity index (χ0v) is 18.4. The number of hydrogen-bond donors (Lipinski definition) is 1. The summed E-state index contributed by atoms with van der Waals surface area (Å²) in [5, 5.41) is 2.91. The van der Waals surface area contributed by atoms with E-state index in [0.29, 0.717) is 30.9 Å². The van der Waals surface area contributed by atoms with Gasteiger partial charge in [0.15, 0.2) is 11.5 Å². The van der Waals surface area contributed by atoms with Crippen LogP contribution in [-0.4, -0.2) is 51.6 Å². The van der Waals surface area contributed by atoms with Crippen molar-refractivity contribution < 1.29 is 32.2 Å². The maximum absolute atomic E-state index is 13.1. The van der Waals surface area contributed by atoms with Crippen LogP contribution in [0.2, 0.25) is 0 Å². The summed E-state index contributed by atoms with van der Waals surface area (Å²) >= 11 is 0. The van der Waals surface area contributed by atoms with Crippen LogP contribution in [0.15, 0.2) is 47.4 Å². The van der Waals surface area contributed by atoms with Gasteiger partial charge < -0.3 is 19.5 Å². The molecule has 2 heterocycles. The average Bonchev–Trinajstić information content (AvgIpc) is 3.30. The Morgan fingerprint density at radius 1 is 1.09 bits per heavy atom. The summed E-state index contributed by atoms with van der Waals surface area (Å²) in [4.78, 5) is 24.5. The van der Waals surface area contributed by atoms with Gasteiger partial charge in [0.25, 0.3) is 0 Å². The van der Waals surface area contributed by atoms with Crippen molar-refractivity contribution >= 4 is 21.9 Å². The van der Waals surface area contributed by atoms with E-state index in [4.69, 9.17) is 14.2 Å². The third-order valence-electron chi connectivity index (χ3n) is 5.64. The second-order valence-corrected chi connectivity index (χ2v) is 9.48. The van der Waals surface area contributed by atoms with Gasteiger partial charge in [-0.1, -0.05) is 18.2 Å². The molecule has 0 aliphatic carbocycles. The first-order valence-electron chi connectivity index (χ1n) is 10.2. The summed E-state index contributed by atoms with van der Waals surface area (Å²) in [5.41, 5.74) is 0.889. The number of piperidine rings is 1. The SMILES string of the molecule is COC(=O)c1ccccc1S(=O)(=O)N1CCC(C(=O)NCc2ccc3c(c2)OCO3)CC1. The normalized spacial score (nSPS) is 16.5. The minimum absolute atomic E-state index is 0.00130. The Hall–Kier alpha value is -3.11. The molecule has 10 heteroatoms. The van der Waals surface area contributed by atoms with Crippen LogP contribution in [0.3, 0.4) is 0 Å². The maximum atomic E-state index is 13.1. The van der Waals surface area contributed by atoms with Crippen molar-refractivity contribution in [1.29, 1.82) is 0 Å². The first-order chi connectivity index (χ1) is 15.4. The van der Waals surface area contributed by atoms with Crippen LogP contribution < -0.4 is 14.8 Å². The summed E-state index contributed by atoms with van der Waals surface area (Å²) < 4.78 is 42.9. The number of nitrogens with one attached hydrogen (secondary N) is 1. The molecule has 1 N–H and O–H groups in total. The molecular formula is C22H24N2O7S. The first-order valence-corrected chi connectivity index (χ1v) is 11.7. The Kier molecular flexibility index (Phi) is 6.33. The fourth-order valence-electron chi connectivity index (χ4n) is 3.85. The minimum Gasteiger partial charge on any atom is -0.465 e. The first kappa shape index (κ1) is 22.1. The van der Waals surface area contributed by atoms with E-state index < -0.39 is 16.0 Å². The molecule has 170 valence electrons. The highest BCUT2D eigenvalue weighted by Crippen LogP contribution is 2.32. The molecule has 0 spiro atoms. The van der Waals surface area contributed by atoms with E-state index in [9.17, 15) is 18.0 Å². The molecule has 1 fully saturated rings. The summed E-state index contributed by atoms with van der Waals surface area (Å²) in [6, 6.07) is 11.5. The fourth-order valence-corrected chi connectivity index (χ4v) is 5.50. The van der Waals surface area contributed by atoms with Crippen LogP contribution in [0.25, 0.3) is 0 Å². The number of fused-ring (bicyclic) bond motifs is 1. The third-order valence-corrected chi connectivity index (χ3v) is 7.60. The summed E-state index contributed by atoms with van der Waals surface area (Å²) in [7, 11) is -2.68. The van der Waals surface area contributed by atoms with Gasteiger partial charge >= 0.3 is 5.97 Å². The Balaban J connectivity index is 1.35. The van der Waals surface area contributed by atoms with Gasteiger partial charge in [0.05, 0.1) is 17.6 Å². The van der Waals surface area contributed by atoms with Crippen LogP contribution in [0.5, 0.6) is 11.5 Å². The summed E-state index contributed by atoms with van der Waals surface area (Å²) in [6.45, 7) is 0.928. The predicted octanol–water partition coefficient (Wildman–Crippen LogP) is 1.92. The molecule has 2 aliphatic rings. The quantitative estimate of drug-likeness (QED) is 0.656.